The number of alkyl halides is 1. The average molecular weight is 321 g/mol. The Labute approximate surface area is 117 Å². The molecular formula is C13H19BrClNO. The van der Waals surface area contributed by atoms with Gasteiger partial charge in [0.1, 0.15) is 5.75 Å². The third-order valence-corrected chi connectivity index (χ3v) is 3.66. The first kappa shape index (κ1) is 14.8. The van der Waals surface area contributed by atoms with Crippen molar-refractivity contribution >= 4 is 27.5 Å². The highest BCUT2D eigenvalue weighted by Crippen LogP contribution is 2.22. The molecule has 1 unspecified atom stereocenters. The molecule has 4 heteroatoms. The third-order valence-electron chi connectivity index (χ3n) is 2.64. The van der Waals surface area contributed by atoms with Gasteiger partial charge in [-0.1, -0.05) is 22.9 Å². The van der Waals surface area contributed by atoms with Crippen LogP contribution in [0.1, 0.15) is 25.3 Å². The fourth-order valence-corrected chi connectivity index (χ4v) is 2.09. The molecule has 0 aliphatic carbocycles. The molecule has 0 amide bonds. The molecule has 17 heavy (non-hydrogen) atoms. The predicted octanol–water partition coefficient (Wildman–Crippen LogP) is 3.95. The van der Waals surface area contributed by atoms with Gasteiger partial charge in [0.05, 0.1) is 7.11 Å². The number of methoxy groups -OCH3 is 1. The van der Waals surface area contributed by atoms with Gasteiger partial charge in [0, 0.05) is 22.0 Å². The van der Waals surface area contributed by atoms with E-state index in [1.807, 2.05) is 12.1 Å². The lowest BCUT2D eigenvalue weighted by Gasteiger charge is -2.11. The first-order valence-electron chi connectivity index (χ1n) is 5.84. The van der Waals surface area contributed by atoms with E-state index >= 15 is 0 Å². The van der Waals surface area contributed by atoms with E-state index in [9.17, 15) is 0 Å². The molecule has 0 aliphatic heterocycles. The van der Waals surface area contributed by atoms with E-state index in [2.05, 4.69) is 34.2 Å². The Bertz CT molecular complexity index is 346. The van der Waals surface area contributed by atoms with Crippen molar-refractivity contribution in [2.75, 3.05) is 13.7 Å². The molecule has 1 aromatic carbocycles. The van der Waals surface area contributed by atoms with E-state index in [-0.39, 0.29) is 5.38 Å². The van der Waals surface area contributed by atoms with Crippen LogP contribution < -0.4 is 10.1 Å². The molecule has 0 saturated heterocycles. The molecule has 96 valence electrons. The first-order chi connectivity index (χ1) is 8.17. The molecule has 0 saturated carbocycles. The van der Waals surface area contributed by atoms with Crippen LogP contribution >= 0.6 is 27.5 Å². The maximum atomic E-state index is 6.06. The minimum absolute atomic E-state index is 0.270. The molecule has 1 atom stereocenters. The molecule has 0 fully saturated rings. The lowest BCUT2D eigenvalue weighted by Crippen LogP contribution is -2.18. The maximum absolute atomic E-state index is 6.06. The van der Waals surface area contributed by atoms with Crippen LogP contribution in [0.2, 0.25) is 0 Å². The number of nitrogens with one attached hydrogen (secondary N) is 1. The van der Waals surface area contributed by atoms with E-state index in [1.165, 1.54) is 0 Å². The van der Waals surface area contributed by atoms with E-state index in [4.69, 9.17) is 16.3 Å². The zero-order valence-electron chi connectivity index (χ0n) is 10.3. The van der Waals surface area contributed by atoms with Crippen molar-refractivity contribution in [1.82, 2.24) is 5.32 Å². The van der Waals surface area contributed by atoms with Crippen LogP contribution in [0, 0.1) is 0 Å². The first-order valence-corrected chi connectivity index (χ1v) is 7.07. The molecule has 0 spiro atoms. The lowest BCUT2D eigenvalue weighted by atomic mass is 10.2. The van der Waals surface area contributed by atoms with E-state index in [0.29, 0.717) is 0 Å². The Morgan fingerprint density at radius 1 is 1.47 bits per heavy atom. The Hall–Kier alpha value is -0.250. The smallest absolute Gasteiger partial charge is 0.123 e. The fraction of sp³-hybridized carbons (Fsp3) is 0.538. The summed E-state index contributed by atoms with van der Waals surface area (Å²) in [7, 11) is 1.69. The topological polar surface area (TPSA) is 21.3 Å². The van der Waals surface area contributed by atoms with E-state index < -0.39 is 0 Å². The number of ether oxygens (including phenoxy) is 1. The van der Waals surface area contributed by atoms with Crippen LogP contribution in [0.15, 0.2) is 22.7 Å². The van der Waals surface area contributed by atoms with Crippen molar-refractivity contribution in [1.29, 1.82) is 0 Å². The molecule has 0 aliphatic rings. The second-order valence-electron chi connectivity index (χ2n) is 3.93. The molecule has 0 radical (unpaired) electrons. The van der Waals surface area contributed by atoms with Gasteiger partial charge in [0.25, 0.3) is 0 Å². The number of hydrogen-bond donors (Lipinski definition) is 1. The Morgan fingerprint density at radius 3 is 2.88 bits per heavy atom. The number of halogens is 2. The molecule has 0 aromatic heterocycles. The monoisotopic (exact) mass is 319 g/mol. The molecule has 1 rings (SSSR count). The molecular weight excluding hydrogens is 302 g/mol. The maximum Gasteiger partial charge on any atom is 0.123 e. The van der Waals surface area contributed by atoms with E-state index in [0.717, 1.165) is 41.7 Å². The van der Waals surface area contributed by atoms with Crippen LogP contribution in [0.3, 0.4) is 0 Å². The molecule has 1 N–H and O–H groups in total. The van der Waals surface area contributed by atoms with Crippen LogP contribution in [-0.4, -0.2) is 19.0 Å². The van der Waals surface area contributed by atoms with Crippen molar-refractivity contribution in [3.05, 3.63) is 28.2 Å². The Balaban J connectivity index is 2.42. The normalized spacial score (nSPS) is 12.5. The summed E-state index contributed by atoms with van der Waals surface area (Å²) in [4.78, 5) is 0. The lowest BCUT2D eigenvalue weighted by molar-refractivity contribution is 0.407. The summed E-state index contributed by atoms with van der Waals surface area (Å²) in [5, 5.41) is 3.65. The van der Waals surface area contributed by atoms with Gasteiger partial charge in [-0.3, -0.25) is 0 Å². The second-order valence-corrected chi connectivity index (χ2v) is 5.46. The minimum Gasteiger partial charge on any atom is -0.496 e. The van der Waals surface area contributed by atoms with E-state index in [1.54, 1.807) is 7.11 Å². The number of hydrogen-bond acceptors (Lipinski definition) is 2. The SMILES string of the molecule is CCC(Cl)CCNCc1cc(Br)ccc1OC. The average Bonchev–Trinajstić information content (AvgIpc) is 2.34. The van der Waals surface area contributed by atoms with Crippen molar-refractivity contribution in [3.8, 4) is 5.75 Å². The van der Waals surface area contributed by atoms with Crippen molar-refractivity contribution in [2.45, 2.75) is 31.7 Å². The minimum atomic E-state index is 0.270. The van der Waals surface area contributed by atoms with Gasteiger partial charge in [-0.25, -0.2) is 0 Å². The standard InChI is InChI=1S/C13H19BrClNO/c1-3-12(15)6-7-16-9-10-8-11(14)4-5-13(10)17-2/h4-5,8,12,16H,3,6-7,9H2,1-2H3. The highest BCUT2D eigenvalue weighted by atomic mass is 79.9. The fourth-order valence-electron chi connectivity index (χ4n) is 1.57. The number of rotatable bonds is 7. The molecule has 0 bridgehead atoms. The quantitative estimate of drug-likeness (QED) is 0.606. The summed E-state index contributed by atoms with van der Waals surface area (Å²) in [5.74, 6) is 0.915. The van der Waals surface area contributed by atoms with Crippen molar-refractivity contribution in [2.24, 2.45) is 0 Å². The van der Waals surface area contributed by atoms with Crippen molar-refractivity contribution < 1.29 is 4.74 Å². The second kappa shape index (κ2) is 7.96. The van der Waals surface area contributed by atoms with Gasteiger partial charge in [-0.05, 0) is 37.6 Å². The molecule has 2 nitrogen and oxygen atoms in total. The predicted molar refractivity (Wildman–Crippen MR) is 76.9 cm³/mol. The Morgan fingerprint density at radius 2 is 2.24 bits per heavy atom. The van der Waals surface area contributed by atoms with Crippen LogP contribution in [-0.2, 0) is 6.54 Å². The van der Waals surface area contributed by atoms with Crippen molar-refractivity contribution in [3.63, 3.8) is 0 Å². The molecule has 0 heterocycles. The largest absolute Gasteiger partial charge is 0.496 e. The van der Waals surface area contributed by atoms with Crippen LogP contribution in [0.25, 0.3) is 0 Å². The summed E-state index contributed by atoms with van der Waals surface area (Å²) >= 11 is 9.52. The summed E-state index contributed by atoms with van der Waals surface area (Å²) in [6.07, 6.45) is 2.01. The van der Waals surface area contributed by atoms with Gasteiger partial charge in [-0.2, -0.15) is 0 Å². The van der Waals surface area contributed by atoms with Crippen LogP contribution in [0.5, 0.6) is 5.75 Å². The Kier molecular flexibility index (Phi) is 6.93. The molecule has 1 aromatic rings. The van der Waals surface area contributed by atoms with Gasteiger partial charge in [0.2, 0.25) is 0 Å². The summed E-state index contributed by atoms with van der Waals surface area (Å²) in [5.41, 5.74) is 1.16. The highest BCUT2D eigenvalue weighted by Gasteiger charge is 2.04. The van der Waals surface area contributed by atoms with Gasteiger partial charge in [-0.15, -0.1) is 11.6 Å². The number of benzene rings is 1. The van der Waals surface area contributed by atoms with Gasteiger partial charge in [0.15, 0.2) is 0 Å². The van der Waals surface area contributed by atoms with Crippen LogP contribution in [0.4, 0.5) is 0 Å². The highest BCUT2D eigenvalue weighted by molar-refractivity contribution is 9.10. The van der Waals surface area contributed by atoms with Gasteiger partial charge < -0.3 is 10.1 Å². The third kappa shape index (κ3) is 5.28. The summed E-state index contributed by atoms with van der Waals surface area (Å²) in [6, 6.07) is 6.02. The zero-order chi connectivity index (χ0) is 12.7. The summed E-state index contributed by atoms with van der Waals surface area (Å²) < 4.78 is 6.38. The zero-order valence-corrected chi connectivity index (χ0v) is 12.6. The van der Waals surface area contributed by atoms with Gasteiger partial charge >= 0.3 is 0 Å². The summed E-state index contributed by atoms with van der Waals surface area (Å²) in [6.45, 7) is 3.84.